The molecule has 0 unspecified atom stereocenters. The lowest BCUT2D eigenvalue weighted by molar-refractivity contribution is 0.0752. The first-order valence-electron chi connectivity index (χ1n) is 7.74. The summed E-state index contributed by atoms with van der Waals surface area (Å²) in [6.45, 7) is 2.18. The van der Waals surface area contributed by atoms with Gasteiger partial charge in [0.25, 0.3) is 5.91 Å². The molecule has 23 heavy (non-hydrogen) atoms. The van der Waals surface area contributed by atoms with E-state index in [1.807, 2.05) is 35.2 Å². The Kier molecular flexibility index (Phi) is 3.26. The molecule has 1 amide bonds. The average Bonchev–Trinajstić information content (AvgIpc) is 2.98. The highest BCUT2D eigenvalue weighted by Gasteiger charge is 2.22. The number of H-pyrrole nitrogens is 1. The van der Waals surface area contributed by atoms with E-state index < -0.39 is 0 Å². The van der Waals surface area contributed by atoms with Crippen molar-refractivity contribution in [2.75, 3.05) is 25.0 Å². The van der Waals surface area contributed by atoms with E-state index >= 15 is 0 Å². The number of fused-ring (bicyclic) bond motifs is 2. The maximum Gasteiger partial charge on any atom is 0.254 e. The molecule has 0 fully saturated rings. The lowest BCUT2D eigenvalue weighted by Gasteiger charge is -2.21. The number of aromatic amines is 1. The van der Waals surface area contributed by atoms with Crippen molar-refractivity contribution in [3.05, 3.63) is 59.9 Å². The molecule has 0 radical (unpaired) electrons. The number of aromatic nitrogens is 2. The third-order valence-electron chi connectivity index (χ3n) is 4.42. The summed E-state index contributed by atoms with van der Waals surface area (Å²) in [5.41, 5.74) is 4.85. The summed E-state index contributed by atoms with van der Waals surface area (Å²) in [7, 11) is 2.07. The minimum absolute atomic E-state index is 0.0617. The van der Waals surface area contributed by atoms with Crippen LogP contribution in [-0.2, 0) is 6.54 Å². The van der Waals surface area contributed by atoms with Crippen molar-refractivity contribution in [2.24, 2.45) is 0 Å². The Labute approximate surface area is 134 Å². The minimum Gasteiger partial charge on any atom is -0.373 e. The maximum absolute atomic E-state index is 12.9. The Hall–Kier alpha value is -2.82. The second-order valence-electron chi connectivity index (χ2n) is 5.91. The van der Waals surface area contributed by atoms with E-state index in [0.717, 1.165) is 17.6 Å². The highest BCUT2D eigenvalue weighted by Crippen LogP contribution is 2.24. The van der Waals surface area contributed by atoms with Gasteiger partial charge in [0.05, 0.1) is 17.4 Å². The number of para-hydroxylation sites is 1. The van der Waals surface area contributed by atoms with Crippen LogP contribution in [0.4, 0.5) is 5.69 Å². The molecule has 3 aromatic rings. The van der Waals surface area contributed by atoms with Crippen molar-refractivity contribution >= 4 is 22.6 Å². The van der Waals surface area contributed by atoms with Gasteiger partial charge in [0, 0.05) is 37.9 Å². The monoisotopic (exact) mass is 306 g/mol. The molecule has 1 aliphatic rings. The van der Waals surface area contributed by atoms with Crippen molar-refractivity contribution < 1.29 is 4.79 Å². The molecule has 2 aromatic carbocycles. The van der Waals surface area contributed by atoms with Crippen LogP contribution in [0.15, 0.2) is 48.8 Å². The van der Waals surface area contributed by atoms with Gasteiger partial charge in [0.2, 0.25) is 0 Å². The molecule has 5 nitrogen and oxygen atoms in total. The van der Waals surface area contributed by atoms with Crippen LogP contribution in [0.2, 0.25) is 0 Å². The number of nitrogens with zero attached hydrogens (tertiary/aromatic N) is 3. The van der Waals surface area contributed by atoms with Crippen LogP contribution >= 0.6 is 0 Å². The largest absolute Gasteiger partial charge is 0.373 e. The molecule has 1 aliphatic heterocycles. The number of benzene rings is 2. The predicted molar refractivity (Wildman–Crippen MR) is 90.5 cm³/mol. The van der Waals surface area contributed by atoms with Gasteiger partial charge in [-0.2, -0.15) is 0 Å². The third-order valence-corrected chi connectivity index (χ3v) is 4.42. The molecular weight excluding hydrogens is 288 g/mol. The SMILES string of the molecule is CN1CCN(C(=O)c2ccc3nc[nH]c3c2)Cc2ccccc21. The van der Waals surface area contributed by atoms with Gasteiger partial charge < -0.3 is 14.8 Å². The van der Waals surface area contributed by atoms with Crippen LogP contribution in [0.5, 0.6) is 0 Å². The molecule has 0 saturated carbocycles. The molecule has 5 heteroatoms. The van der Waals surface area contributed by atoms with E-state index in [4.69, 9.17) is 0 Å². The maximum atomic E-state index is 12.9. The minimum atomic E-state index is 0.0617. The second kappa shape index (κ2) is 5.43. The van der Waals surface area contributed by atoms with Crippen molar-refractivity contribution in [2.45, 2.75) is 6.54 Å². The van der Waals surface area contributed by atoms with Crippen LogP contribution in [-0.4, -0.2) is 40.9 Å². The number of carbonyl (C=O) groups is 1. The van der Waals surface area contributed by atoms with Crippen molar-refractivity contribution in [1.29, 1.82) is 0 Å². The normalized spacial score (nSPS) is 14.7. The Bertz CT molecular complexity index is 870. The first kappa shape index (κ1) is 13.8. The molecule has 1 N–H and O–H groups in total. The zero-order valence-electron chi connectivity index (χ0n) is 13.0. The highest BCUT2D eigenvalue weighted by atomic mass is 16.2. The lowest BCUT2D eigenvalue weighted by atomic mass is 10.1. The number of imidazole rings is 1. The summed E-state index contributed by atoms with van der Waals surface area (Å²) in [5, 5.41) is 0. The molecule has 0 aliphatic carbocycles. The molecule has 4 rings (SSSR count). The molecule has 116 valence electrons. The molecule has 0 saturated heterocycles. The van der Waals surface area contributed by atoms with Gasteiger partial charge in [0.1, 0.15) is 0 Å². The fourth-order valence-electron chi connectivity index (χ4n) is 3.12. The number of anilines is 1. The fourth-order valence-corrected chi connectivity index (χ4v) is 3.12. The van der Waals surface area contributed by atoms with E-state index in [1.54, 1.807) is 6.33 Å². The van der Waals surface area contributed by atoms with Crippen LogP contribution in [0.3, 0.4) is 0 Å². The smallest absolute Gasteiger partial charge is 0.254 e. The van der Waals surface area contributed by atoms with E-state index in [-0.39, 0.29) is 5.91 Å². The molecule has 0 spiro atoms. The number of hydrogen-bond acceptors (Lipinski definition) is 3. The predicted octanol–water partition coefficient (Wildman–Crippen LogP) is 2.66. The molecule has 2 heterocycles. The van der Waals surface area contributed by atoms with E-state index in [9.17, 15) is 4.79 Å². The average molecular weight is 306 g/mol. The van der Waals surface area contributed by atoms with Gasteiger partial charge in [-0.05, 0) is 29.8 Å². The Morgan fingerprint density at radius 2 is 2.04 bits per heavy atom. The summed E-state index contributed by atoms with van der Waals surface area (Å²) < 4.78 is 0. The Balaban J connectivity index is 1.66. The highest BCUT2D eigenvalue weighted by molar-refractivity contribution is 5.97. The van der Waals surface area contributed by atoms with Gasteiger partial charge in [-0.3, -0.25) is 4.79 Å². The third kappa shape index (κ3) is 2.44. The zero-order chi connectivity index (χ0) is 15.8. The van der Waals surface area contributed by atoms with Gasteiger partial charge in [-0.15, -0.1) is 0 Å². The summed E-state index contributed by atoms with van der Waals surface area (Å²) in [4.78, 5) is 24.3. The van der Waals surface area contributed by atoms with Crippen LogP contribution in [0.1, 0.15) is 15.9 Å². The summed E-state index contributed by atoms with van der Waals surface area (Å²) in [6, 6.07) is 13.9. The summed E-state index contributed by atoms with van der Waals surface area (Å²) in [5.74, 6) is 0.0617. The number of rotatable bonds is 1. The standard InChI is InChI=1S/C18H18N4O/c1-21-8-9-22(11-14-4-2-3-5-17(14)21)18(23)13-6-7-15-16(10-13)20-12-19-15/h2-7,10,12H,8-9,11H2,1H3,(H,19,20). The Morgan fingerprint density at radius 3 is 2.96 bits per heavy atom. The van der Waals surface area contributed by atoms with E-state index in [0.29, 0.717) is 18.7 Å². The quantitative estimate of drug-likeness (QED) is 0.752. The lowest BCUT2D eigenvalue weighted by Crippen LogP contribution is -2.34. The summed E-state index contributed by atoms with van der Waals surface area (Å²) in [6.07, 6.45) is 1.65. The van der Waals surface area contributed by atoms with Gasteiger partial charge >= 0.3 is 0 Å². The van der Waals surface area contributed by atoms with Gasteiger partial charge in [-0.1, -0.05) is 18.2 Å². The van der Waals surface area contributed by atoms with Crippen molar-refractivity contribution in [3.8, 4) is 0 Å². The number of carbonyl (C=O) groups excluding carboxylic acids is 1. The first-order chi connectivity index (χ1) is 11.2. The molecule has 1 aromatic heterocycles. The molecule has 0 bridgehead atoms. The van der Waals surface area contributed by atoms with E-state index in [2.05, 4.69) is 34.0 Å². The van der Waals surface area contributed by atoms with Crippen molar-refractivity contribution in [1.82, 2.24) is 14.9 Å². The number of hydrogen-bond donors (Lipinski definition) is 1. The summed E-state index contributed by atoms with van der Waals surface area (Å²) >= 11 is 0. The Morgan fingerprint density at radius 1 is 1.17 bits per heavy atom. The fraction of sp³-hybridized carbons (Fsp3) is 0.222. The number of nitrogens with one attached hydrogen (secondary N) is 1. The van der Waals surface area contributed by atoms with Crippen molar-refractivity contribution in [3.63, 3.8) is 0 Å². The van der Waals surface area contributed by atoms with Gasteiger partial charge in [-0.25, -0.2) is 4.98 Å². The zero-order valence-corrected chi connectivity index (χ0v) is 13.0. The van der Waals surface area contributed by atoms with E-state index in [1.165, 1.54) is 11.3 Å². The number of likely N-dealkylation sites (N-methyl/N-ethyl adjacent to an activating group) is 1. The second-order valence-corrected chi connectivity index (χ2v) is 5.91. The van der Waals surface area contributed by atoms with Crippen LogP contribution < -0.4 is 4.90 Å². The molecule has 0 atom stereocenters. The van der Waals surface area contributed by atoms with Gasteiger partial charge in [0.15, 0.2) is 0 Å². The topological polar surface area (TPSA) is 52.2 Å². The van der Waals surface area contributed by atoms with Crippen LogP contribution in [0.25, 0.3) is 11.0 Å². The first-order valence-corrected chi connectivity index (χ1v) is 7.74. The number of amides is 1. The van der Waals surface area contributed by atoms with Crippen LogP contribution in [0, 0.1) is 0 Å². The molecular formula is C18H18N4O.